The lowest BCUT2D eigenvalue weighted by atomic mass is 10.0. The van der Waals surface area contributed by atoms with Crippen LogP contribution in [0.4, 0.5) is 4.79 Å². The van der Waals surface area contributed by atoms with Crippen LogP contribution in [-0.4, -0.2) is 118 Å². The summed E-state index contributed by atoms with van der Waals surface area (Å²) >= 11 is 6.08. The summed E-state index contributed by atoms with van der Waals surface area (Å²) < 4.78 is 5.18. The number of nitrogens with zero attached hydrogens (tertiary/aromatic N) is 3. The zero-order chi connectivity index (χ0) is 39.5. The molecule has 2 rings (SSSR count). The minimum atomic E-state index is -1.35. The van der Waals surface area contributed by atoms with Gasteiger partial charge in [0.1, 0.15) is 37.3 Å². The fraction of sp³-hybridized carbons (Fsp3) is 0.581. The number of hydrogen-bond donors (Lipinski definition) is 9. The number of carboxylic acids is 1. The Kier molecular flexibility index (Phi) is 18.7. The number of nitro groups is 1. The minimum absolute atomic E-state index is 0.0383. The summed E-state index contributed by atoms with van der Waals surface area (Å²) in [4.78, 5) is 91.7. The first kappa shape index (κ1) is 43.9. The molecule has 0 spiro atoms. The topological polar surface area (TPSA) is 323 Å². The maximum atomic E-state index is 13.9. The maximum absolute atomic E-state index is 13.9. The zero-order valence-electron chi connectivity index (χ0n) is 29.1. The average Bonchev–Trinajstić information content (AvgIpc) is 3.60. The van der Waals surface area contributed by atoms with E-state index in [9.17, 15) is 44.0 Å². The fourth-order valence-corrected chi connectivity index (χ4v) is 5.36. The van der Waals surface area contributed by atoms with Crippen LogP contribution >= 0.6 is 11.6 Å². The van der Waals surface area contributed by atoms with Crippen LogP contribution in [0.25, 0.3) is 0 Å². The van der Waals surface area contributed by atoms with E-state index in [1.165, 1.54) is 11.8 Å². The number of aliphatic carboxylic acids is 1. The third-order valence-electron chi connectivity index (χ3n) is 7.97. The number of unbranched alkanes of at least 4 members (excludes halogenated alkanes) is 1. The normalized spacial score (nSPS) is 16.3. The first-order valence-corrected chi connectivity index (χ1v) is 17.2. The number of alkyl carbamates (subject to hydrolysis) is 1. The van der Waals surface area contributed by atoms with Gasteiger partial charge in [-0.1, -0.05) is 35.2 Å². The molecule has 1 aliphatic rings. The van der Waals surface area contributed by atoms with Gasteiger partial charge in [0.25, 0.3) is 5.96 Å². The zero-order valence-corrected chi connectivity index (χ0v) is 29.9. The SMILES string of the molecule is C[C@@H](O)[C@H](N)C(=O)N[C@@H](CCCCNC(=O)OCc1ccccc1Cl)C(=O)N1CCC[C@H]1C(=O)N[C@@H](CCCN=C(N)N[N+](=O)[O-])C(=O)NCC(=O)O. The Hall–Kier alpha value is -5.28. The molecule has 53 heavy (non-hydrogen) atoms. The summed E-state index contributed by atoms with van der Waals surface area (Å²) in [7, 11) is 0. The molecule has 0 saturated carbocycles. The Balaban J connectivity index is 2.07. The van der Waals surface area contributed by atoms with Crippen molar-refractivity contribution in [3.63, 3.8) is 0 Å². The van der Waals surface area contributed by atoms with Crippen LogP contribution in [0.2, 0.25) is 5.02 Å². The number of guanidine groups is 1. The number of halogens is 1. The van der Waals surface area contributed by atoms with Gasteiger partial charge in [0, 0.05) is 30.2 Å². The number of rotatable bonds is 21. The number of carbonyl (C=O) groups is 6. The van der Waals surface area contributed by atoms with E-state index in [0.717, 1.165) is 0 Å². The van der Waals surface area contributed by atoms with E-state index < -0.39 is 83.5 Å². The van der Waals surface area contributed by atoms with E-state index in [0.29, 0.717) is 29.8 Å². The van der Waals surface area contributed by atoms with Gasteiger partial charge < -0.3 is 52.6 Å². The number of aliphatic imine (C=N–C) groups is 1. The number of hydrogen-bond acceptors (Lipinski definition) is 12. The summed E-state index contributed by atoms with van der Waals surface area (Å²) in [5.41, 5.74) is 13.5. The molecular weight excluding hydrogens is 724 g/mol. The second kappa shape index (κ2) is 22.6. The van der Waals surface area contributed by atoms with Gasteiger partial charge in [-0.25, -0.2) is 19.9 Å². The molecular formula is C31H47ClN10O11. The summed E-state index contributed by atoms with van der Waals surface area (Å²) in [6.45, 7) is 0.780. The molecule has 21 nitrogen and oxygen atoms in total. The quantitative estimate of drug-likeness (QED) is 0.0226. The lowest BCUT2D eigenvalue weighted by Crippen LogP contribution is -2.58. The highest BCUT2D eigenvalue weighted by atomic mass is 35.5. The van der Waals surface area contributed by atoms with E-state index >= 15 is 0 Å². The van der Waals surface area contributed by atoms with Gasteiger partial charge in [-0.15, -0.1) is 0 Å². The van der Waals surface area contributed by atoms with Gasteiger partial charge >= 0.3 is 12.1 Å². The summed E-state index contributed by atoms with van der Waals surface area (Å²) in [5.74, 6) is -4.76. The molecule has 1 aromatic carbocycles. The van der Waals surface area contributed by atoms with Crippen LogP contribution in [0.3, 0.4) is 0 Å². The fourth-order valence-electron chi connectivity index (χ4n) is 5.17. The molecule has 0 radical (unpaired) electrons. The van der Waals surface area contributed by atoms with Crippen LogP contribution in [0.1, 0.15) is 57.4 Å². The number of nitrogens with two attached hydrogens (primary N) is 2. The predicted octanol–water partition coefficient (Wildman–Crippen LogP) is -1.52. The highest BCUT2D eigenvalue weighted by molar-refractivity contribution is 6.31. The van der Waals surface area contributed by atoms with Crippen molar-refractivity contribution in [1.82, 2.24) is 31.6 Å². The number of ether oxygens (including phenoxy) is 1. The molecule has 0 unspecified atom stereocenters. The molecule has 294 valence electrons. The smallest absolute Gasteiger partial charge is 0.407 e. The molecule has 0 aliphatic carbocycles. The number of carbonyl (C=O) groups excluding carboxylic acids is 5. The molecule has 1 saturated heterocycles. The summed E-state index contributed by atoms with van der Waals surface area (Å²) in [6.07, 6.45) is -0.480. The standard InChI is InChI=1S/C31H47ClN10O11/c1-18(43)25(33)28(48)39-22(10-4-5-13-36-31(50)53-17-19-8-2-3-9-20(19)32)29(49)41-15-7-12-23(41)27(47)38-21(26(46)37-16-24(44)45)11-6-14-35-30(34)40-42(51)52/h2-3,8-9,18,21-23,25,43H,4-7,10-17,33H2,1H3,(H,36,50)(H,37,46)(H,38,47)(H,39,48)(H,44,45)(H3,34,35,40)/t18-,21+,22+,23+,25+/m1/s1. The van der Waals surface area contributed by atoms with Crippen molar-refractivity contribution >= 4 is 53.3 Å². The number of benzene rings is 1. The molecule has 1 aromatic rings. The minimum Gasteiger partial charge on any atom is -0.480 e. The van der Waals surface area contributed by atoms with Crippen LogP contribution in [-0.2, 0) is 35.3 Å². The first-order valence-electron chi connectivity index (χ1n) is 16.8. The highest BCUT2D eigenvalue weighted by Crippen LogP contribution is 2.21. The number of likely N-dealkylation sites (tertiary alicyclic amines) is 1. The van der Waals surface area contributed by atoms with Crippen molar-refractivity contribution in [2.45, 2.75) is 88.7 Å². The van der Waals surface area contributed by atoms with E-state index in [4.69, 9.17) is 32.9 Å². The molecule has 0 bridgehead atoms. The lowest BCUT2D eigenvalue weighted by Gasteiger charge is -2.30. The van der Waals surface area contributed by atoms with E-state index in [1.54, 1.807) is 29.7 Å². The second-order valence-electron chi connectivity index (χ2n) is 12.1. The van der Waals surface area contributed by atoms with Crippen molar-refractivity contribution in [2.75, 3.05) is 26.2 Å². The van der Waals surface area contributed by atoms with Gasteiger partial charge in [-0.05, 0) is 57.9 Å². The Morgan fingerprint density at radius 1 is 1.08 bits per heavy atom. The second-order valence-corrected chi connectivity index (χ2v) is 12.5. The average molecular weight is 771 g/mol. The largest absolute Gasteiger partial charge is 0.480 e. The molecule has 11 N–H and O–H groups in total. The molecule has 1 fully saturated rings. The van der Waals surface area contributed by atoms with E-state index in [1.807, 2.05) is 0 Å². The van der Waals surface area contributed by atoms with Crippen molar-refractivity contribution in [2.24, 2.45) is 16.5 Å². The Morgan fingerprint density at radius 2 is 1.77 bits per heavy atom. The van der Waals surface area contributed by atoms with Gasteiger partial charge in [0.2, 0.25) is 23.6 Å². The number of amides is 5. The molecule has 1 aliphatic heterocycles. The third-order valence-corrected chi connectivity index (χ3v) is 8.34. The molecule has 5 atom stereocenters. The third kappa shape index (κ3) is 15.9. The Morgan fingerprint density at radius 3 is 2.43 bits per heavy atom. The van der Waals surface area contributed by atoms with Gasteiger partial charge in [-0.3, -0.25) is 24.0 Å². The van der Waals surface area contributed by atoms with Crippen LogP contribution in [0, 0.1) is 10.1 Å². The number of carboxylic acid groups (broad SMARTS) is 1. The Bertz CT molecular complexity index is 1480. The highest BCUT2D eigenvalue weighted by Gasteiger charge is 2.39. The van der Waals surface area contributed by atoms with E-state index in [2.05, 4.69) is 26.3 Å². The van der Waals surface area contributed by atoms with Crippen molar-refractivity contribution in [1.29, 1.82) is 0 Å². The van der Waals surface area contributed by atoms with Crippen molar-refractivity contribution in [3.05, 3.63) is 45.0 Å². The number of hydrazine groups is 1. The van der Waals surface area contributed by atoms with Crippen LogP contribution in [0.15, 0.2) is 29.3 Å². The molecule has 5 amide bonds. The number of aliphatic hydroxyl groups excluding tert-OH is 1. The summed E-state index contributed by atoms with van der Waals surface area (Å²) in [5, 5.41) is 38.8. The first-order chi connectivity index (χ1) is 25.1. The number of nitrogens with one attached hydrogen (secondary N) is 5. The van der Waals surface area contributed by atoms with Crippen LogP contribution in [0.5, 0.6) is 0 Å². The van der Waals surface area contributed by atoms with Crippen molar-refractivity contribution < 1.29 is 48.7 Å². The van der Waals surface area contributed by atoms with Gasteiger partial charge in [0.15, 0.2) is 5.03 Å². The summed E-state index contributed by atoms with van der Waals surface area (Å²) in [6, 6.07) is 2.05. The van der Waals surface area contributed by atoms with Crippen molar-refractivity contribution in [3.8, 4) is 0 Å². The lowest BCUT2D eigenvalue weighted by molar-refractivity contribution is -0.525. The number of aliphatic hydroxyl groups is 1. The maximum Gasteiger partial charge on any atom is 0.407 e. The van der Waals surface area contributed by atoms with Crippen LogP contribution < -0.4 is 38.2 Å². The molecule has 22 heteroatoms. The monoisotopic (exact) mass is 770 g/mol. The van der Waals surface area contributed by atoms with E-state index in [-0.39, 0.29) is 51.9 Å². The Labute approximate surface area is 309 Å². The molecule has 0 aromatic heterocycles. The molecule has 1 heterocycles. The predicted molar refractivity (Wildman–Crippen MR) is 188 cm³/mol. The van der Waals surface area contributed by atoms with Gasteiger partial charge in [0.05, 0.1) is 6.10 Å². The van der Waals surface area contributed by atoms with Gasteiger partial charge in [-0.2, -0.15) is 0 Å².